The lowest BCUT2D eigenvalue weighted by Gasteiger charge is -2.32. The Bertz CT molecular complexity index is 128. The van der Waals surface area contributed by atoms with Crippen LogP contribution in [0.4, 0.5) is 0 Å². The number of hydrogen-bond donors (Lipinski definition) is 2. The van der Waals surface area contributed by atoms with Crippen LogP contribution in [0, 0.1) is 5.92 Å². The van der Waals surface area contributed by atoms with Crippen molar-refractivity contribution in [3.05, 3.63) is 0 Å². The van der Waals surface area contributed by atoms with Crippen molar-refractivity contribution < 1.29 is 10.2 Å². The first-order valence-electron chi connectivity index (χ1n) is 4.61. The van der Waals surface area contributed by atoms with Crippen LogP contribution >= 0.6 is 0 Å². The fourth-order valence-corrected chi connectivity index (χ4v) is 1.50. The Hall–Kier alpha value is -0.0800. The van der Waals surface area contributed by atoms with Gasteiger partial charge in [-0.25, -0.2) is 0 Å². The predicted molar refractivity (Wildman–Crippen MR) is 51.0 cm³/mol. The molecule has 0 aromatic rings. The van der Waals surface area contributed by atoms with Crippen LogP contribution in [0.15, 0.2) is 0 Å². The first-order chi connectivity index (χ1) is 5.17. The van der Waals surface area contributed by atoms with E-state index in [4.69, 9.17) is 0 Å². The van der Waals surface area contributed by atoms with Gasteiger partial charge in [-0.2, -0.15) is 0 Å². The lowest BCUT2D eigenvalue weighted by molar-refractivity contribution is -0.0330. The van der Waals surface area contributed by atoms with E-state index < -0.39 is 11.2 Å². The molecular weight excluding hydrogens is 152 g/mol. The van der Waals surface area contributed by atoms with Gasteiger partial charge in [-0.15, -0.1) is 0 Å². The van der Waals surface area contributed by atoms with Crippen LogP contribution in [0.2, 0.25) is 0 Å². The smallest absolute Gasteiger partial charge is 0.0620 e. The number of rotatable bonds is 4. The van der Waals surface area contributed by atoms with Crippen molar-refractivity contribution in [2.45, 2.75) is 58.7 Å². The molecule has 12 heavy (non-hydrogen) atoms. The van der Waals surface area contributed by atoms with Gasteiger partial charge in [0.1, 0.15) is 0 Å². The predicted octanol–water partition coefficient (Wildman–Crippen LogP) is 1.94. The molecular formula is C10H22O2. The molecule has 2 heteroatoms. The second kappa shape index (κ2) is 3.75. The van der Waals surface area contributed by atoms with Crippen LogP contribution in [0.3, 0.4) is 0 Å². The quantitative estimate of drug-likeness (QED) is 0.684. The molecule has 0 aromatic heterocycles. The van der Waals surface area contributed by atoms with Gasteiger partial charge in [0.25, 0.3) is 0 Å². The number of aliphatic hydroxyl groups is 2. The summed E-state index contributed by atoms with van der Waals surface area (Å²) < 4.78 is 0. The molecule has 2 N–H and O–H groups in total. The molecule has 1 atom stereocenters. The highest BCUT2D eigenvalue weighted by atomic mass is 16.3. The molecule has 0 aliphatic heterocycles. The topological polar surface area (TPSA) is 40.5 Å². The Morgan fingerprint density at radius 2 is 1.50 bits per heavy atom. The summed E-state index contributed by atoms with van der Waals surface area (Å²) in [6, 6.07) is 0. The highest BCUT2D eigenvalue weighted by molar-refractivity contribution is 4.81. The van der Waals surface area contributed by atoms with E-state index in [0.717, 1.165) is 6.42 Å². The van der Waals surface area contributed by atoms with Crippen molar-refractivity contribution in [3.63, 3.8) is 0 Å². The molecule has 0 bridgehead atoms. The summed E-state index contributed by atoms with van der Waals surface area (Å²) in [5.74, 6) is 0.164. The molecule has 0 radical (unpaired) electrons. The van der Waals surface area contributed by atoms with Crippen LogP contribution in [-0.4, -0.2) is 21.4 Å². The second-order valence-electron chi connectivity index (χ2n) is 4.78. The maximum atomic E-state index is 9.73. The van der Waals surface area contributed by atoms with Crippen molar-refractivity contribution in [1.82, 2.24) is 0 Å². The minimum atomic E-state index is -0.686. The van der Waals surface area contributed by atoms with Crippen molar-refractivity contribution in [3.8, 4) is 0 Å². The highest BCUT2D eigenvalue weighted by Crippen LogP contribution is 2.28. The van der Waals surface area contributed by atoms with Gasteiger partial charge in [0, 0.05) is 0 Å². The van der Waals surface area contributed by atoms with E-state index in [-0.39, 0.29) is 5.92 Å². The summed E-state index contributed by atoms with van der Waals surface area (Å²) in [6.07, 6.45) is 1.54. The van der Waals surface area contributed by atoms with Gasteiger partial charge in [0.2, 0.25) is 0 Å². The molecule has 0 aliphatic rings. The average Bonchev–Trinajstić information content (AvgIpc) is 1.78. The van der Waals surface area contributed by atoms with Gasteiger partial charge in [-0.05, 0) is 40.0 Å². The highest BCUT2D eigenvalue weighted by Gasteiger charge is 2.29. The third-order valence-corrected chi connectivity index (χ3v) is 2.24. The first kappa shape index (κ1) is 11.9. The van der Waals surface area contributed by atoms with Crippen molar-refractivity contribution in [1.29, 1.82) is 0 Å². The third kappa shape index (κ3) is 4.73. The standard InChI is InChI=1S/C10H22O2/c1-6-8(10(4,5)12)7-9(2,3)11/h8,11-12H,6-7H2,1-5H3. The van der Waals surface area contributed by atoms with Crippen molar-refractivity contribution in [2.75, 3.05) is 0 Å². The molecule has 0 rings (SSSR count). The fraction of sp³-hybridized carbons (Fsp3) is 1.00. The van der Waals surface area contributed by atoms with Gasteiger partial charge in [0.05, 0.1) is 11.2 Å². The van der Waals surface area contributed by atoms with Gasteiger partial charge < -0.3 is 10.2 Å². The molecule has 0 saturated carbocycles. The zero-order chi connectivity index (χ0) is 9.99. The van der Waals surface area contributed by atoms with E-state index in [9.17, 15) is 10.2 Å². The van der Waals surface area contributed by atoms with Crippen LogP contribution in [0.5, 0.6) is 0 Å². The normalized spacial score (nSPS) is 16.2. The molecule has 74 valence electrons. The van der Waals surface area contributed by atoms with Crippen LogP contribution in [-0.2, 0) is 0 Å². The van der Waals surface area contributed by atoms with E-state index in [1.54, 1.807) is 27.7 Å². The fourth-order valence-electron chi connectivity index (χ4n) is 1.50. The Morgan fingerprint density at radius 3 is 1.58 bits per heavy atom. The van der Waals surface area contributed by atoms with E-state index in [0.29, 0.717) is 6.42 Å². The second-order valence-corrected chi connectivity index (χ2v) is 4.78. The lowest BCUT2D eigenvalue weighted by atomic mass is 9.81. The van der Waals surface area contributed by atoms with E-state index in [1.165, 1.54) is 0 Å². The Balaban J connectivity index is 4.20. The number of hydrogen-bond acceptors (Lipinski definition) is 2. The minimum absolute atomic E-state index is 0.164. The third-order valence-electron chi connectivity index (χ3n) is 2.24. The molecule has 0 amide bonds. The molecule has 0 spiro atoms. The molecule has 0 heterocycles. The monoisotopic (exact) mass is 174 g/mol. The van der Waals surface area contributed by atoms with Gasteiger partial charge in [-0.1, -0.05) is 13.3 Å². The maximum absolute atomic E-state index is 9.73. The van der Waals surface area contributed by atoms with Crippen molar-refractivity contribution >= 4 is 0 Å². The largest absolute Gasteiger partial charge is 0.390 e. The zero-order valence-electron chi connectivity index (χ0n) is 8.89. The maximum Gasteiger partial charge on any atom is 0.0620 e. The first-order valence-corrected chi connectivity index (χ1v) is 4.61. The van der Waals surface area contributed by atoms with Gasteiger partial charge in [0.15, 0.2) is 0 Å². The summed E-state index contributed by atoms with van der Waals surface area (Å²) in [6.45, 7) is 9.19. The van der Waals surface area contributed by atoms with Gasteiger partial charge in [-0.3, -0.25) is 0 Å². The minimum Gasteiger partial charge on any atom is -0.390 e. The average molecular weight is 174 g/mol. The molecule has 2 nitrogen and oxygen atoms in total. The van der Waals surface area contributed by atoms with Gasteiger partial charge >= 0.3 is 0 Å². The van der Waals surface area contributed by atoms with E-state index >= 15 is 0 Å². The Labute approximate surface area is 75.6 Å². The zero-order valence-corrected chi connectivity index (χ0v) is 8.89. The summed E-state index contributed by atoms with van der Waals surface area (Å²) >= 11 is 0. The van der Waals surface area contributed by atoms with E-state index in [1.807, 2.05) is 6.92 Å². The summed E-state index contributed by atoms with van der Waals surface area (Å²) in [5.41, 5.74) is -1.37. The molecule has 0 fully saturated rings. The van der Waals surface area contributed by atoms with Crippen molar-refractivity contribution in [2.24, 2.45) is 5.92 Å². The lowest BCUT2D eigenvalue weighted by Crippen LogP contribution is -2.36. The van der Waals surface area contributed by atoms with Crippen LogP contribution in [0.25, 0.3) is 0 Å². The van der Waals surface area contributed by atoms with Crippen LogP contribution < -0.4 is 0 Å². The Kier molecular flexibility index (Phi) is 3.73. The molecule has 0 aliphatic carbocycles. The summed E-state index contributed by atoms with van der Waals surface area (Å²) in [4.78, 5) is 0. The van der Waals surface area contributed by atoms with Crippen LogP contribution in [0.1, 0.15) is 47.5 Å². The molecule has 0 aromatic carbocycles. The summed E-state index contributed by atoms with van der Waals surface area (Å²) in [7, 11) is 0. The molecule has 0 saturated heterocycles. The summed E-state index contributed by atoms with van der Waals surface area (Å²) in [5, 5.41) is 19.3. The SMILES string of the molecule is CCC(CC(C)(C)O)C(C)(C)O. The van der Waals surface area contributed by atoms with E-state index in [2.05, 4.69) is 0 Å². The Morgan fingerprint density at radius 1 is 1.08 bits per heavy atom. The molecule has 1 unspecified atom stereocenters.